The van der Waals surface area contributed by atoms with Crippen molar-refractivity contribution in [3.05, 3.63) is 61.7 Å². The highest BCUT2D eigenvalue weighted by Gasteiger charge is 2.33. The molecule has 0 unspecified atom stereocenters. The van der Waals surface area contributed by atoms with E-state index in [4.69, 9.17) is 20.8 Å². The molecule has 2 N–H and O–H groups in total. The zero-order valence-electron chi connectivity index (χ0n) is 12.5. The lowest BCUT2D eigenvalue weighted by molar-refractivity contribution is -0.384. The molecular weight excluding hydrogens is 354 g/mol. The number of halogens is 1. The van der Waals surface area contributed by atoms with Crippen molar-refractivity contribution >= 4 is 23.0 Å². The molecule has 2 aromatic heterocycles. The Morgan fingerprint density at radius 3 is 3.08 bits per heavy atom. The summed E-state index contributed by atoms with van der Waals surface area (Å²) in [6, 6.07) is 4.99. The van der Waals surface area contributed by atoms with Crippen molar-refractivity contribution in [2.24, 2.45) is 0 Å². The van der Waals surface area contributed by atoms with Crippen LogP contribution in [0.2, 0.25) is 5.02 Å². The first kappa shape index (κ1) is 15.3. The Balaban J connectivity index is 1.85. The van der Waals surface area contributed by atoms with Gasteiger partial charge in [0.2, 0.25) is 0 Å². The molecule has 128 valence electrons. The van der Waals surface area contributed by atoms with E-state index in [1.54, 1.807) is 12.1 Å². The van der Waals surface area contributed by atoms with Crippen molar-refractivity contribution in [3.63, 3.8) is 0 Å². The van der Waals surface area contributed by atoms with E-state index in [0.29, 0.717) is 11.4 Å². The summed E-state index contributed by atoms with van der Waals surface area (Å²) in [6.45, 7) is 0.279. The summed E-state index contributed by atoms with van der Waals surface area (Å²) in [5, 5.41) is 20.5. The molecule has 25 heavy (non-hydrogen) atoms. The van der Waals surface area contributed by atoms with Gasteiger partial charge in [-0.2, -0.15) is 5.10 Å². The Hall–Kier alpha value is -3.27. The number of nitrogens with one attached hydrogen (secondary N) is 2. The highest BCUT2D eigenvalue weighted by atomic mass is 35.5. The molecule has 0 saturated heterocycles. The van der Waals surface area contributed by atoms with Gasteiger partial charge in [0, 0.05) is 6.07 Å². The molecular formula is C14H10ClN5O5. The van der Waals surface area contributed by atoms with Crippen molar-refractivity contribution in [1.82, 2.24) is 14.8 Å². The van der Waals surface area contributed by atoms with Crippen LogP contribution in [0.25, 0.3) is 5.69 Å². The van der Waals surface area contributed by atoms with E-state index in [2.05, 4.69) is 15.5 Å². The van der Waals surface area contributed by atoms with Crippen molar-refractivity contribution in [1.29, 1.82) is 0 Å². The summed E-state index contributed by atoms with van der Waals surface area (Å²) in [5.41, 5.74) is -0.789. The monoisotopic (exact) mass is 363 g/mol. The van der Waals surface area contributed by atoms with Crippen molar-refractivity contribution < 1.29 is 14.1 Å². The van der Waals surface area contributed by atoms with Crippen LogP contribution in [-0.4, -0.2) is 19.7 Å². The van der Waals surface area contributed by atoms with Crippen LogP contribution in [0.3, 0.4) is 0 Å². The molecule has 3 heterocycles. The molecule has 0 aliphatic carbocycles. The van der Waals surface area contributed by atoms with Gasteiger partial charge < -0.3 is 14.5 Å². The molecule has 1 aromatic carbocycles. The topological polar surface area (TPSA) is 128 Å². The molecule has 0 fully saturated rings. The number of ether oxygens (including phenoxy) is 1. The van der Waals surface area contributed by atoms with E-state index >= 15 is 0 Å². The second-order valence-electron chi connectivity index (χ2n) is 5.19. The molecule has 4 rings (SSSR count). The van der Waals surface area contributed by atoms with Gasteiger partial charge in [-0.15, -0.1) is 0 Å². The van der Waals surface area contributed by atoms with Crippen molar-refractivity contribution in [2.75, 3.05) is 5.32 Å². The third kappa shape index (κ3) is 2.43. The summed E-state index contributed by atoms with van der Waals surface area (Å²) in [6.07, 6.45) is 1.52. The second-order valence-corrected chi connectivity index (χ2v) is 5.57. The van der Waals surface area contributed by atoms with Crippen LogP contribution in [-0.2, 0) is 13.2 Å². The number of rotatable bonds is 4. The molecule has 0 atom stereocenters. The van der Waals surface area contributed by atoms with Crippen LogP contribution < -0.4 is 15.7 Å². The molecule has 3 aromatic rings. The fraction of sp³-hybridized carbons (Fsp3) is 0.143. The van der Waals surface area contributed by atoms with Crippen LogP contribution >= 0.6 is 11.6 Å². The Bertz CT molecular complexity index is 1020. The molecule has 0 amide bonds. The predicted molar refractivity (Wildman–Crippen MR) is 86.2 cm³/mol. The molecule has 11 heteroatoms. The molecule has 0 bridgehead atoms. The van der Waals surface area contributed by atoms with Gasteiger partial charge in [-0.3, -0.25) is 10.1 Å². The summed E-state index contributed by atoms with van der Waals surface area (Å²) in [5.74, 6) is 1.02. The van der Waals surface area contributed by atoms with E-state index in [0.717, 1.165) is 4.57 Å². The molecule has 0 saturated carbocycles. The lowest BCUT2D eigenvalue weighted by Gasteiger charge is -2.20. The number of nitro groups is 1. The highest BCUT2D eigenvalue weighted by Crippen LogP contribution is 2.45. The summed E-state index contributed by atoms with van der Waals surface area (Å²) in [4.78, 5) is 22.9. The molecule has 1 aliphatic rings. The zero-order valence-corrected chi connectivity index (χ0v) is 13.2. The van der Waals surface area contributed by atoms with Crippen molar-refractivity contribution in [3.8, 4) is 11.4 Å². The van der Waals surface area contributed by atoms with Crippen molar-refractivity contribution in [2.45, 2.75) is 13.2 Å². The Labute approximate surface area is 144 Å². The first-order valence-electron chi connectivity index (χ1n) is 7.13. The zero-order chi connectivity index (χ0) is 17.6. The minimum atomic E-state index is -0.656. The summed E-state index contributed by atoms with van der Waals surface area (Å²) >= 11 is 6.23. The van der Waals surface area contributed by atoms with Crippen LogP contribution in [0.1, 0.15) is 11.6 Å². The first-order valence-corrected chi connectivity index (χ1v) is 7.50. The van der Waals surface area contributed by atoms with Crippen LogP contribution in [0.4, 0.5) is 11.4 Å². The maximum atomic E-state index is 12.0. The van der Waals surface area contributed by atoms with Gasteiger partial charge >= 0.3 is 11.4 Å². The van der Waals surface area contributed by atoms with Gasteiger partial charge in [-0.25, -0.2) is 14.5 Å². The SMILES string of the molecule is O=c1[nH]nc2n1-c1c(cc(NCc3ccco3)c(Cl)c1[N+](=O)[O-])OC2. The molecule has 10 nitrogen and oxygen atoms in total. The Kier molecular flexibility index (Phi) is 3.46. The summed E-state index contributed by atoms with van der Waals surface area (Å²) in [7, 11) is 0. The minimum Gasteiger partial charge on any atom is -0.483 e. The number of aromatic nitrogens is 3. The Morgan fingerprint density at radius 2 is 2.36 bits per heavy atom. The maximum Gasteiger partial charge on any atom is 0.348 e. The lowest BCUT2D eigenvalue weighted by Crippen LogP contribution is -2.23. The second kappa shape index (κ2) is 5.67. The lowest BCUT2D eigenvalue weighted by atomic mass is 10.2. The van der Waals surface area contributed by atoms with E-state index in [1.807, 2.05) is 0 Å². The number of H-pyrrole nitrogens is 1. The number of benzene rings is 1. The number of aromatic amines is 1. The first-order chi connectivity index (χ1) is 12.1. The third-order valence-corrected chi connectivity index (χ3v) is 4.10. The average molecular weight is 364 g/mol. The normalized spacial score (nSPS) is 12.2. The van der Waals surface area contributed by atoms with E-state index in [9.17, 15) is 14.9 Å². The number of nitro benzene ring substituents is 1. The standard InChI is InChI=1S/C14H10ClN5O5/c15-11-8(16-5-7-2-1-3-24-7)4-9-12(13(11)20(22)23)19-10(6-25-9)17-18-14(19)21/h1-4,16H,5-6H2,(H,18,21). The van der Waals surface area contributed by atoms with Gasteiger partial charge in [0.15, 0.2) is 17.3 Å². The molecule has 1 aliphatic heterocycles. The van der Waals surface area contributed by atoms with E-state index in [1.165, 1.54) is 12.3 Å². The maximum absolute atomic E-state index is 12.0. The number of furan rings is 1. The van der Waals surface area contributed by atoms with E-state index in [-0.39, 0.29) is 35.4 Å². The largest absolute Gasteiger partial charge is 0.483 e. The molecule has 0 radical (unpaired) electrons. The van der Waals surface area contributed by atoms with Gasteiger partial charge in [-0.05, 0) is 12.1 Å². The smallest absolute Gasteiger partial charge is 0.348 e. The van der Waals surface area contributed by atoms with E-state index < -0.39 is 16.3 Å². The highest BCUT2D eigenvalue weighted by molar-refractivity contribution is 6.36. The minimum absolute atomic E-state index is 0.00213. The molecule has 0 spiro atoms. The van der Waals surface area contributed by atoms with Gasteiger partial charge in [0.05, 0.1) is 23.4 Å². The quantitative estimate of drug-likeness (QED) is 0.537. The van der Waals surface area contributed by atoms with Crippen LogP contribution in [0.15, 0.2) is 33.7 Å². The fourth-order valence-electron chi connectivity index (χ4n) is 2.63. The fourth-order valence-corrected chi connectivity index (χ4v) is 2.91. The number of fused-ring (bicyclic) bond motifs is 3. The number of anilines is 1. The number of hydrogen-bond donors (Lipinski definition) is 2. The third-order valence-electron chi connectivity index (χ3n) is 3.72. The van der Waals surface area contributed by atoms with Gasteiger partial charge in [-0.1, -0.05) is 11.6 Å². The van der Waals surface area contributed by atoms with Gasteiger partial charge in [0.1, 0.15) is 17.4 Å². The van der Waals surface area contributed by atoms with Crippen LogP contribution in [0, 0.1) is 10.1 Å². The number of hydrogen-bond acceptors (Lipinski definition) is 7. The van der Waals surface area contributed by atoms with Gasteiger partial charge in [0.25, 0.3) is 0 Å². The number of nitrogens with zero attached hydrogens (tertiary/aromatic N) is 3. The summed E-state index contributed by atoms with van der Waals surface area (Å²) < 4.78 is 11.8. The predicted octanol–water partition coefficient (Wildman–Crippen LogP) is 2.22. The van der Waals surface area contributed by atoms with Crippen LogP contribution in [0.5, 0.6) is 5.75 Å². The average Bonchev–Trinajstić information content (AvgIpc) is 3.22. The Morgan fingerprint density at radius 1 is 1.52 bits per heavy atom.